The fourth-order valence-corrected chi connectivity index (χ4v) is 1.95. The highest BCUT2D eigenvalue weighted by Gasteiger charge is 2.20. The Bertz CT molecular complexity index is 513. The number of hydrogen-bond donors (Lipinski definition) is 4. The Kier molecular flexibility index (Phi) is 10.7. The molecule has 1 rings (SSSR count). The normalized spacial score (nSPS) is 12.5. The maximum atomic E-state index is 12.8. The van der Waals surface area contributed by atoms with Crippen molar-refractivity contribution in [2.75, 3.05) is 6.54 Å². The lowest BCUT2D eigenvalue weighted by molar-refractivity contribution is -0.123. The van der Waals surface area contributed by atoms with Gasteiger partial charge in [-0.05, 0) is 31.0 Å². The molecule has 0 saturated carbocycles. The van der Waals surface area contributed by atoms with Crippen LogP contribution in [-0.4, -0.2) is 30.6 Å². The first-order valence-electron chi connectivity index (χ1n) is 7.75. The van der Waals surface area contributed by atoms with Gasteiger partial charge in [0.1, 0.15) is 11.9 Å². The molecule has 1 unspecified atom stereocenters. The monoisotopic (exact) mass is 360 g/mol. The zero-order valence-corrected chi connectivity index (χ0v) is 14.8. The number of nitrogens with one attached hydrogen (secondary N) is 3. The second-order valence-electron chi connectivity index (χ2n) is 5.44. The van der Waals surface area contributed by atoms with Gasteiger partial charge in [-0.3, -0.25) is 4.79 Å². The van der Waals surface area contributed by atoms with E-state index in [0.717, 1.165) is 12.0 Å². The van der Waals surface area contributed by atoms with Crippen LogP contribution in [0.1, 0.15) is 32.3 Å². The first-order chi connectivity index (χ1) is 11.0. The lowest BCUT2D eigenvalue weighted by atomic mass is 10.1. The van der Waals surface area contributed by atoms with Crippen LogP contribution in [0.25, 0.3) is 0 Å². The molecule has 0 aliphatic heterocycles. The Morgan fingerprint density at radius 3 is 2.38 bits per heavy atom. The van der Waals surface area contributed by atoms with Crippen molar-refractivity contribution in [1.82, 2.24) is 16.0 Å². The van der Waals surface area contributed by atoms with Crippen LogP contribution in [-0.2, 0) is 11.3 Å². The van der Waals surface area contributed by atoms with Crippen molar-refractivity contribution in [2.24, 2.45) is 5.73 Å². The summed E-state index contributed by atoms with van der Waals surface area (Å²) in [5.74, 6) is -0.575. The van der Waals surface area contributed by atoms with Gasteiger partial charge in [0.25, 0.3) is 0 Å². The van der Waals surface area contributed by atoms with Crippen molar-refractivity contribution in [1.29, 1.82) is 0 Å². The largest absolute Gasteiger partial charge is 0.351 e. The van der Waals surface area contributed by atoms with Gasteiger partial charge in [0, 0.05) is 19.1 Å². The minimum absolute atomic E-state index is 0. The maximum Gasteiger partial charge on any atom is 0.315 e. The van der Waals surface area contributed by atoms with Crippen LogP contribution >= 0.6 is 12.4 Å². The Balaban J connectivity index is 0.00000529. The number of urea groups is 1. The van der Waals surface area contributed by atoms with E-state index in [1.165, 1.54) is 12.1 Å². The molecule has 0 aliphatic rings. The second kappa shape index (κ2) is 11.6. The molecule has 6 nitrogen and oxygen atoms in total. The van der Waals surface area contributed by atoms with Gasteiger partial charge in [-0.25, -0.2) is 9.18 Å². The molecule has 8 heteroatoms. The molecule has 2 atom stereocenters. The smallest absolute Gasteiger partial charge is 0.315 e. The minimum Gasteiger partial charge on any atom is -0.351 e. The third kappa shape index (κ3) is 8.12. The fourth-order valence-electron chi connectivity index (χ4n) is 1.95. The van der Waals surface area contributed by atoms with Gasteiger partial charge < -0.3 is 21.7 Å². The summed E-state index contributed by atoms with van der Waals surface area (Å²) in [4.78, 5) is 24.0. The predicted octanol–water partition coefficient (Wildman–Crippen LogP) is 1.68. The second-order valence-corrected chi connectivity index (χ2v) is 5.44. The molecule has 0 saturated heterocycles. The molecule has 0 aliphatic carbocycles. The van der Waals surface area contributed by atoms with Gasteiger partial charge in [-0.2, -0.15) is 0 Å². The number of amides is 3. The maximum absolute atomic E-state index is 12.8. The molecular formula is C16H26ClFN4O2. The average molecular weight is 361 g/mol. The highest BCUT2D eigenvalue weighted by atomic mass is 35.5. The summed E-state index contributed by atoms with van der Waals surface area (Å²) in [5, 5.41) is 8.06. The van der Waals surface area contributed by atoms with E-state index in [2.05, 4.69) is 16.0 Å². The lowest BCUT2D eigenvalue weighted by Gasteiger charge is -2.20. The summed E-state index contributed by atoms with van der Waals surface area (Å²) in [6.45, 7) is 4.33. The predicted molar refractivity (Wildman–Crippen MR) is 94.4 cm³/mol. The fraction of sp³-hybridized carbons (Fsp3) is 0.500. The third-order valence-corrected chi connectivity index (χ3v) is 3.31. The van der Waals surface area contributed by atoms with Crippen LogP contribution in [0, 0.1) is 5.82 Å². The summed E-state index contributed by atoms with van der Waals surface area (Å²) < 4.78 is 12.8. The van der Waals surface area contributed by atoms with E-state index in [0.29, 0.717) is 13.0 Å². The molecule has 5 N–H and O–H groups in total. The molecular weight excluding hydrogens is 335 g/mol. The lowest BCUT2D eigenvalue weighted by Crippen LogP contribution is -2.52. The van der Waals surface area contributed by atoms with Crippen molar-refractivity contribution < 1.29 is 14.0 Å². The first-order valence-corrected chi connectivity index (χ1v) is 7.75. The topological polar surface area (TPSA) is 96.2 Å². The van der Waals surface area contributed by atoms with Gasteiger partial charge in [0.05, 0.1) is 0 Å². The Morgan fingerprint density at radius 1 is 1.21 bits per heavy atom. The molecule has 0 fully saturated rings. The van der Waals surface area contributed by atoms with Gasteiger partial charge in [-0.15, -0.1) is 12.4 Å². The molecule has 1 aromatic rings. The molecule has 0 heterocycles. The number of nitrogens with two attached hydrogens (primary N) is 1. The molecule has 0 bridgehead atoms. The van der Waals surface area contributed by atoms with Gasteiger partial charge >= 0.3 is 6.03 Å². The van der Waals surface area contributed by atoms with Crippen molar-refractivity contribution in [3.63, 3.8) is 0 Å². The summed E-state index contributed by atoms with van der Waals surface area (Å²) in [6, 6.07) is 4.65. The van der Waals surface area contributed by atoms with Crippen LogP contribution in [0.15, 0.2) is 24.3 Å². The number of carbonyl (C=O) groups excluding carboxylic acids is 2. The van der Waals surface area contributed by atoms with Crippen LogP contribution in [0.4, 0.5) is 9.18 Å². The van der Waals surface area contributed by atoms with Crippen LogP contribution in [0.2, 0.25) is 0 Å². The molecule has 1 aromatic carbocycles. The summed E-state index contributed by atoms with van der Waals surface area (Å²) in [5.41, 5.74) is 6.25. The average Bonchev–Trinajstić information content (AvgIpc) is 2.53. The quantitative estimate of drug-likeness (QED) is 0.568. The highest BCUT2D eigenvalue weighted by Crippen LogP contribution is 2.02. The molecule has 0 radical (unpaired) electrons. The molecule has 136 valence electrons. The minimum atomic E-state index is -0.609. The van der Waals surface area contributed by atoms with Crippen LogP contribution < -0.4 is 21.7 Å². The summed E-state index contributed by atoms with van der Waals surface area (Å²) in [7, 11) is 0. The molecule has 0 spiro atoms. The number of carbonyl (C=O) groups is 2. The number of rotatable bonds is 8. The summed E-state index contributed by atoms with van der Waals surface area (Å²) in [6.07, 6.45) is 1.29. The van der Waals surface area contributed by atoms with Crippen molar-refractivity contribution in [3.8, 4) is 0 Å². The van der Waals surface area contributed by atoms with E-state index in [9.17, 15) is 14.0 Å². The number of hydrogen-bond acceptors (Lipinski definition) is 3. The van der Waals surface area contributed by atoms with E-state index in [-0.39, 0.29) is 36.7 Å². The Labute approximate surface area is 148 Å². The molecule has 24 heavy (non-hydrogen) atoms. The van der Waals surface area contributed by atoms with E-state index >= 15 is 0 Å². The number of halogens is 2. The first kappa shape index (κ1) is 22.1. The van der Waals surface area contributed by atoms with Gasteiger partial charge in [0.15, 0.2) is 0 Å². The van der Waals surface area contributed by atoms with Crippen molar-refractivity contribution >= 4 is 24.3 Å². The highest BCUT2D eigenvalue weighted by molar-refractivity contribution is 5.87. The summed E-state index contributed by atoms with van der Waals surface area (Å²) >= 11 is 0. The van der Waals surface area contributed by atoms with E-state index in [1.54, 1.807) is 19.1 Å². The Hall–Kier alpha value is -1.86. The van der Waals surface area contributed by atoms with Crippen LogP contribution in [0.5, 0.6) is 0 Å². The van der Waals surface area contributed by atoms with Crippen LogP contribution in [0.3, 0.4) is 0 Å². The molecule has 3 amide bonds. The van der Waals surface area contributed by atoms with Gasteiger partial charge in [0.2, 0.25) is 5.91 Å². The van der Waals surface area contributed by atoms with Crippen molar-refractivity contribution in [3.05, 3.63) is 35.6 Å². The van der Waals surface area contributed by atoms with Gasteiger partial charge in [-0.1, -0.05) is 25.5 Å². The van der Waals surface area contributed by atoms with Crippen molar-refractivity contribution in [2.45, 2.75) is 45.3 Å². The molecule has 0 aromatic heterocycles. The van der Waals surface area contributed by atoms with E-state index in [4.69, 9.17) is 5.73 Å². The third-order valence-electron chi connectivity index (χ3n) is 3.31. The Morgan fingerprint density at radius 2 is 1.83 bits per heavy atom. The zero-order chi connectivity index (χ0) is 17.2. The van der Waals surface area contributed by atoms with E-state index < -0.39 is 12.1 Å². The van der Waals surface area contributed by atoms with E-state index in [1.807, 2.05) is 6.92 Å². The SMILES string of the molecule is CCCC(NC(=O)NCc1ccc(F)cc1)C(=O)N[C@@H](C)CN.Cl. The zero-order valence-electron chi connectivity index (χ0n) is 14.0. The number of benzene rings is 1. The standard InChI is InChI=1S/C16H25FN4O2.ClH/c1-3-4-14(15(22)20-11(2)9-18)21-16(23)19-10-12-5-7-13(17)8-6-12;/h5-8,11,14H,3-4,9-10,18H2,1-2H3,(H,20,22)(H2,19,21,23);1H/t11-,14?;/m0./s1.